The molecule has 0 aromatic carbocycles. The number of unbranched alkanes of at least 4 members (excludes halogenated alkanes) is 18. The zero-order valence-electron chi connectivity index (χ0n) is 20.4. The maximum atomic E-state index is 4.67. The van der Waals surface area contributed by atoms with Crippen LogP contribution in [-0.4, -0.2) is 15.0 Å². The van der Waals surface area contributed by atoms with Crippen molar-refractivity contribution in [2.45, 2.75) is 155 Å². The number of rotatable bonds is 22. The Labute approximate surface area is 188 Å². The van der Waals surface area contributed by atoms with E-state index >= 15 is 0 Å². The molecule has 0 fully saturated rings. The number of aryl methyl sites for hydroxylation is 2. The minimum atomic E-state index is 0.951. The molecule has 0 aliphatic carbocycles. The van der Waals surface area contributed by atoms with Crippen molar-refractivity contribution >= 4 is 0 Å². The minimum Gasteiger partial charge on any atom is -0.218 e. The third-order valence-corrected chi connectivity index (χ3v) is 6.12. The van der Waals surface area contributed by atoms with Gasteiger partial charge in [0, 0.05) is 12.8 Å². The Morgan fingerprint density at radius 3 is 1.07 bits per heavy atom. The Bertz CT molecular complexity index is 436. The second-order valence-corrected chi connectivity index (χ2v) is 9.13. The third kappa shape index (κ3) is 16.8. The van der Waals surface area contributed by atoms with Crippen molar-refractivity contribution in [2.75, 3.05) is 0 Å². The van der Waals surface area contributed by atoms with Crippen molar-refractivity contribution in [2.24, 2.45) is 0 Å². The Morgan fingerprint density at radius 2 is 0.733 bits per heavy atom. The fourth-order valence-corrected chi connectivity index (χ4v) is 4.10. The Morgan fingerprint density at radius 1 is 0.433 bits per heavy atom. The SMILES string of the molecule is CCCCCCCCCCCCc1n[c]nc(CCCCCCCCCCCC)n1. The Hall–Kier alpha value is -0.990. The predicted molar refractivity (Wildman–Crippen MR) is 130 cm³/mol. The summed E-state index contributed by atoms with van der Waals surface area (Å²) in [5, 5.41) is 0. The number of aromatic nitrogens is 3. The van der Waals surface area contributed by atoms with Crippen molar-refractivity contribution in [3.05, 3.63) is 18.0 Å². The van der Waals surface area contributed by atoms with Crippen LogP contribution < -0.4 is 0 Å². The molecule has 0 aliphatic rings. The first-order chi connectivity index (χ1) is 14.9. The molecule has 1 rings (SSSR count). The second kappa shape index (κ2) is 21.2. The summed E-state index contributed by atoms with van der Waals surface area (Å²) in [4.78, 5) is 13.2. The molecule has 1 aromatic heterocycles. The molecule has 30 heavy (non-hydrogen) atoms. The predicted octanol–water partition coefficient (Wildman–Crippen LogP) is 8.60. The topological polar surface area (TPSA) is 38.7 Å². The lowest BCUT2D eigenvalue weighted by molar-refractivity contribution is 0.550. The van der Waals surface area contributed by atoms with Gasteiger partial charge >= 0.3 is 0 Å². The summed E-state index contributed by atoms with van der Waals surface area (Å²) in [6.07, 6.45) is 32.2. The van der Waals surface area contributed by atoms with Crippen molar-refractivity contribution in [3.63, 3.8) is 0 Å². The molecule has 1 heterocycles. The highest BCUT2D eigenvalue weighted by Crippen LogP contribution is 2.13. The summed E-state index contributed by atoms with van der Waals surface area (Å²) >= 11 is 0. The van der Waals surface area contributed by atoms with Crippen molar-refractivity contribution < 1.29 is 0 Å². The van der Waals surface area contributed by atoms with Gasteiger partial charge < -0.3 is 0 Å². The van der Waals surface area contributed by atoms with E-state index in [0.29, 0.717) is 0 Å². The van der Waals surface area contributed by atoms with E-state index in [9.17, 15) is 0 Å². The first-order valence-electron chi connectivity index (χ1n) is 13.5. The minimum absolute atomic E-state index is 0.951. The standard InChI is InChI=1S/C27H50N3/c1-3-5-7-9-11-13-15-17-19-21-23-26-28-25-29-27(30-26)24-22-20-18-16-14-12-10-8-6-4-2/h3-24H2,1-2H3. The van der Waals surface area contributed by atoms with Gasteiger partial charge in [-0.15, -0.1) is 0 Å². The van der Waals surface area contributed by atoms with Gasteiger partial charge in [0.2, 0.25) is 6.33 Å². The fourth-order valence-electron chi connectivity index (χ4n) is 4.10. The molecule has 3 heteroatoms. The van der Waals surface area contributed by atoms with Gasteiger partial charge in [-0.2, -0.15) is 0 Å². The molecule has 0 N–H and O–H groups in total. The van der Waals surface area contributed by atoms with E-state index in [-0.39, 0.29) is 0 Å². The molecule has 3 nitrogen and oxygen atoms in total. The van der Waals surface area contributed by atoms with E-state index in [2.05, 4.69) is 35.1 Å². The highest BCUT2D eigenvalue weighted by molar-refractivity contribution is 4.90. The van der Waals surface area contributed by atoms with Gasteiger partial charge in [-0.1, -0.05) is 129 Å². The van der Waals surface area contributed by atoms with Crippen LogP contribution in [0.3, 0.4) is 0 Å². The first-order valence-corrected chi connectivity index (χ1v) is 13.5. The molecule has 0 bridgehead atoms. The summed E-state index contributed by atoms with van der Waals surface area (Å²) in [6.45, 7) is 4.57. The van der Waals surface area contributed by atoms with Gasteiger partial charge in [0.25, 0.3) is 0 Å². The molecule has 0 amide bonds. The monoisotopic (exact) mass is 416 g/mol. The lowest BCUT2D eigenvalue weighted by Gasteiger charge is -2.04. The lowest BCUT2D eigenvalue weighted by atomic mass is 10.1. The average molecular weight is 417 g/mol. The highest BCUT2D eigenvalue weighted by atomic mass is 15.0. The van der Waals surface area contributed by atoms with Gasteiger partial charge in [0.1, 0.15) is 11.6 Å². The van der Waals surface area contributed by atoms with Gasteiger partial charge in [0.05, 0.1) is 0 Å². The van der Waals surface area contributed by atoms with E-state index < -0.39 is 0 Å². The molecule has 0 saturated heterocycles. The smallest absolute Gasteiger partial charge is 0.201 e. The van der Waals surface area contributed by atoms with E-state index in [4.69, 9.17) is 0 Å². The van der Waals surface area contributed by atoms with Gasteiger partial charge in [-0.3, -0.25) is 0 Å². The average Bonchev–Trinajstić information content (AvgIpc) is 2.76. The quantitative estimate of drug-likeness (QED) is 0.178. The van der Waals surface area contributed by atoms with Crippen LogP contribution in [0.1, 0.15) is 154 Å². The van der Waals surface area contributed by atoms with Crippen LogP contribution in [-0.2, 0) is 12.8 Å². The van der Waals surface area contributed by atoms with Crippen molar-refractivity contribution in [1.29, 1.82) is 0 Å². The van der Waals surface area contributed by atoms with Crippen molar-refractivity contribution in [1.82, 2.24) is 15.0 Å². The maximum absolute atomic E-state index is 4.67. The zero-order chi connectivity index (χ0) is 21.5. The van der Waals surface area contributed by atoms with E-state index in [0.717, 1.165) is 24.5 Å². The zero-order valence-corrected chi connectivity index (χ0v) is 20.4. The third-order valence-electron chi connectivity index (χ3n) is 6.12. The molecule has 1 radical (unpaired) electrons. The number of hydrogen-bond donors (Lipinski definition) is 0. The van der Waals surface area contributed by atoms with Crippen molar-refractivity contribution in [3.8, 4) is 0 Å². The number of nitrogens with zero attached hydrogens (tertiary/aromatic N) is 3. The molecule has 173 valence electrons. The normalized spacial score (nSPS) is 11.3. The van der Waals surface area contributed by atoms with Crippen LogP contribution in [0.4, 0.5) is 0 Å². The summed E-state index contributed by atoms with van der Waals surface area (Å²) in [6, 6.07) is 0. The Kier molecular flexibility index (Phi) is 19.2. The maximum Gasteiger partial charge on any atom is 0.201 e. The van der Waals surface area contributed by atoms with E-state index in [1.165, 1.54) is 128 Å². The highest BCUT2D eigenvalue weighted by Gasteiger charge is 2.02. The molecule has 0 atom stereocenters. The number of hydrogen-bond acceptors (Lipinski definition) is 3. The van der Waals surface area contributed by atoms with Crippen LogP contribution in [0, 0.1) is 6.33 Å². The van der Waals surface area contributed by atoms with Gasteiger partial charge in [0.15, 0.2) is 0 Å². The molecular formula is C27H50N3. The molecule has 1 aromatic rings. The molecule has 0 spiro atoms. The lowest BCUT2D eigenvalue weighted by Crippen LogP contribution is -2.03. The van der Waals surface area contributed by atoms with Crippen LogP contribution in [0.15, 0.2) is 0 Å². The van der Waals surface area contributed by atoms with Gasteiger partial charge in [-0.25, -0.2) is 15.0 Å². The Balaban J connectivity index is 1.97. The van der Waals surface area contributed by atoms with Crippen LogP contribution >= 0.6 is 0 Å². The first kappa shape index (κ1) is 27.0. The van der Waals surface area contributed by atoms with Crippen LogP contribution in [0.25, 0.3) is 0 Å². The summed E-state index contributed by atoms with van der Waals surface area (Å²) in [5.74, 6) is 1.90. The van der Waals surface area contributed by atoms with Crippen LogP contribution in [0.5, 0.6) is 0 Å². The van der Waals surface area contributed by atoms with E-state index in [1.54, 1.807) is 0 Å². The summed E-state index contributed by atoms with van der Waals surface area (Å²) in [7, 11) is 0. The molecular weight excluding hydrogens is 366 g/mol. The molecule has 0 unspecified atom stereocenters. The largest absolute Gasteiger partial charge is 0.218 e. The fraction of sp³-hybridized carbons (Fsp3) is 0.889. The van der Waals surface area contributed by atoms with E-state index in [1.807, 2.05) is 0 Å². The van der Waals surface area contributed by atoms with Gasteiger partial charge in [-0.05, 0) is 12.8 Å². The van der Waals surface area contributed by atoms with Crippen LogP contribution in [0.2, 0.25) is 0 Å². The molecule has 0 aliphatic heterocycles. The summed E-state index contributed by atoms with van der Waals surface area (Å²) < 4.78 is 0. The molecule has 0 saturated carbocycles. The summed E-state index contributed by atoms with van der Waals surface area (Å²) in [5.41, 5.74) is 0. The second-order valence-electron chi connectivity index (χ2n) is 9.13.